The molecule has 174 valence electrons. The molecule has 9 nitrogen and oxygen atoms in total. The Bertz CT molecular complexity index is 1070. The van der Waals surface area contributed by atoms with Crippen LogP contribution in [0.15, 0.2) is 58.3 Å². The minimum atomic E-state index is -4.05. The van der Waals surface area contributed by atoms with E-state index in [1.165, 1.54) is 24.3 Å². The number of carbonyl (C=O) groups is 1. The quantitative estimate of drug-likeness (QED) is 0.568. The van der Waals surface area contributed by atoms with Crippen LogP contribution in [0.5, 0.6) is 0 Å². The zero-order chi connectivity index (χ0) is 23.5. The third-order valence-electron chi connectivity index (χ3n) is 5.29. The molecule has 0 saturated carbocycles. The lowest BCUT2D eigenvalue weighted by atomic mass is 10.2. The monoisotopic (exact) mass is 483 g/mol. The molecule has 0 aliphatic carbocycles. The normalized spacial score (nSPS) is 19.2. The molecule has 0 bridgehead atoms. The topological polar surface area (TPSA) is 127 Å². The van der Waals surface area contributed by atoms with E-state index in [1.54, 1.807) is 24.3 Å². The first-order chi connectivity index (χ1) is 15.0. The Balaban J connectivity index is 1.64. The van der Waals surface area contributed by atoms with Gasteiger partial charge >= 0.3 is 6.09 Å². The van der Waals surface area contributed by atoms with Crippen molar-refractivity contribution in [3.8, 4) is 0 Å². The van der Waals surface area contributed by atoms with Gasteiger partial charge in [-0.3, -0.25) is 13.3 Å². The van der Waals surface area contributed by atoms with Crippen LogP contribution in [-0.2, 0) is 28.6 Å². The highest BCUT2D eigenvalue weighted by Gasteiger charge is 2.39. The molecule has 2 aromatic carbocycles. The first-order valence-electron chi connectivity index (χ1n) is 9.93. The molecule has 32 heavy (non-hydrogen) atoms. The standard InChI is InChI=1S/C21H25NO8S2/c1-15-3-9-19(10-4-15)31(25,26)29-13-17-7-8-18(22(17)21(23)24)14-30-32(27,28)20-11-5-16(2)6-12-20/h3-6,9-12,17-18H,7-8,13-14H2,1-2H3,(H,23,24). The smallest absolute Gasteiger partial charge is 0.407 e. The van der Waals surface area contributed by atoms with Crippen molar-refractivity contribution in [3.05, 3.63) is 59.7 Å². The number of nitrogens with zero attached hydrogens (tertiary/aromatic N) is 1. The van der Waals surface area contributed by atoms with Crippen LogP contribution in [0, 0.1) is 13.8 Å². The van der Waals surface area contributed by atoms with Gasteiger partial charge < -0.3 is 5.11 Å². The number of hydrogen-bond acceptors (Lipinski definition) is 7. The number of benzene rings is 2. The molecule has 1 aliphatic heterocycles. The van der Waals surface area contributed by atoms with Crippen LogP contribution >= 0.6 is 0 Å². The number of amides is 1. The predicted molar refractivity (Wildman–Crippen MR) is 115 cm³/mol. The molecule has 3 rings (SSSR count). The molecule has 11 heteroatoms. The average molecular weight is 484 g/mol. The van der Waals surface area contributed by atoms with E-state index in [1.807, 2.05) is 13.8 Å². The molecule has 1 saturated heterocycles. The highest BCUT2D eigenvalue weighted by Crippen LogP contribution is 2.27. The highest BCUT2D eigenvalue weighted by atomic mass is 32.2. The number of aryl methyl sites for hydroxylation is 2. The van der Waals surface area contributed by atoms with Crippen molar-refractivity contribution in [1.82, 2.24) is 4.90 Å². The zero-order valence-corrected chi connectivity index (χ0v) is 19.3. The van der Waals surface area contributed by atoms with Gasteiger partial charge in [-0.15, -0.1) is 0 Å². The average Bonchev–Trinajstić information content (AvgIpc) is 3.15. The van der Waals surface area contributed by atoms with E-state index in [0.29, 0.717) is 12.8 Å². The van der Waals surface area contributed by atoms with Gasteiger partial charge in [-0.2, -0.15) is 16.8 Å². The summed E-state index contributed by atoms with van der Waals surface area (Å²) in [6.07, 6.45) is -0.673. The maximum Gasteiger partial charge on any atom is 0.407 e. The Morgan fingerprint density at radius 3 is 1.47 bits per heavy atom. The molecule has 2 atom stereocenters. The predicted octanol–water partition coefficient (Wildman–Crippen LogP) is 2.93. The zero-order valence-electron chi connectivity index (χ0n) is 17.7. The maximum absolute atomic E-state index is 12.4. The van der Waals surface area contributed by atoms with Crippen molar-refractivity contribution < 1.29 is 35.1 Å². The first-order valence-corrected chi connectivity index (χ1v) is 12.7. The van der Waals surface area contributed by atoms with Gasteiger partial charge in [-0.25, -0.2) is 4.79 Å². The lowest BCUT2D eigenvalue weighted by molar-refractivity contribution is 0.0914. The fourth-order valence-electron chi connectivity index (χ4n) is 3.48. The van der Waals surface area contributed by atoms with E-state index in [0.717, 1.165) is 16.0 Å². The molecular weight excluding hydrogens is 458 g/mol. The van der Waals surface area contributed by atoms with Gasteiger partial charge in [-0.1, -0.05) is 35.4 Å². The number of carboxylic acid groups (broad SMARTS) is 1. The molecule has 1 N–H and O–H groups in total. The fraction of sp³-hybridized carbons (Fsp3) is 0.381. The van der Waals surface area contributed by atoms with Crippen molar-refractivity contribution in [1.29, 1.82) is 0 Å². The SMILES string of the molecule is Cc1ccc(S(=O)(=O)OCC2CCC(COS(=O)(=O)c3ccc(C)cc3)N2C(=O)O)cc1. The maximum atomic E-state index is 12.4. The third-order valence-corrected chi connectivity index (χ3v) is 7.88. The summed E-state index contributed by atoms with van der Waals surface area (Å²) in [5.41, 5.74) is 1.78. The van der Waals surface area contributed by atoms with Crippen molar-refractivity contribution in [2.45, 2.75) is 48.6 Å². The molecule has 1 aliphatic rings. The van der Waals surface area contributed by atoms with Gasteiger partial charge in [0.1, 0.15) is 0 Å². The second-order valence-corrected chi connectivity index (χ2v) is 10.9. The van der Waals surface area contributed by atoms with Crippen LogP contribution < -0.4 is 0 Å². The Morgan fingerprint density at radius 2 is 1.16 bits per heavy atom. The van der Waals surface area contributed by atoms with Gasteiger partial charge in [0, 0.05) is 0 Å². The summed E-state index contributed by atoms with van der Waals surface area (Å²) < 4.78 is 59.8. The van der Waals surface area contributed by atoms with Crippen LogP contribution in [0.3, 0.4) is 0 Å². The van der Waals surface area contributed by atoms with E-state index in [2.05, 4.69) is 0 Å². The summed E-state index contributed by atoms with van der Waals surface area (Å²) in [7, 11) is -8.11. The summed E-state index contributed by atoms with van der Waals surface area (Å²) in [5, 5.41) is 9.62. The second-order valence-electron chi connectivity index (χ2n) is 7.68. The summed E-state index contributed by atoms with van der Waals surface area (Å²) in [6, 6.07) is 10.7. The summed E-state index contributed by atoms with van der Waals surface area (Å²) in [6.45, 7) is 2.90. The molecule has 1 amide bonds. The lowest BCUT2D eigenvalue weighted by Crippen LogP contribution is -2.44. The number of hydrogen-bond donors (Lipinski definition) is 1. The summed E-state index contributed by atoms with van der Waals surface area (Å²) in [5.74, 6) is 0. The lowest BCUT2D eigenvalue weighted by Gasteiger charge is -2.27. The molecule has 0 radical (unpaired) electrons. The Labute approximate surface area is 187 Å². The summed E-state index contributed by atoms with van der Waals surface area (Å²) in [4.78, 5) is 12.8. The highest BCUT2D eigenvalue weighted by molar-refractivity contribution is 7.87. The van der Waals surface area contributed by atoms with Crippen LogP contribution in [0.25, 0.3) is 0 Å². The van der Waals surface area contributed by atoms with Gasteiger partial charge in [0.05, 0.1) is 35.1 Å². The minimum Gasteiger partial charge on any atom is -0.465 e. The molecule has 0 spiro atoms. The van der Waals surface area contributed by atoms with Crippen molar-refractivity contribution in [2.75, 3.05) is 13.2 Å². The fourth-order valence-corrected chi connectivity index (χ4v) is 5.37. The van der Waals surface area contributed by atoms with Crippen LogP contribution in [-0.4, -0.2) is 58.2 Å². The number of rotatable bonds is 8. The largest absolute Gasteiger partial charge is 0.465 e. The first kappa shape index (κ1) is 24.2. The van der Waals surface area contributed by atoms with Gasteiger partial charge in [0.2, 0.25) is 0 Å². The summed E-state index contributed by atoms with van der Waals surface area (Å²) >= 11 is 0. The molecule has 1 heterocycles. The Hall–Kier alpha value is -2.47. The Kier molecular flexibility index (Phi) is 7.23. The molecular formula is C21H25NO8S2. The van der Waals surface area contributed by atoms with E-state index < -0.39 is 38.4 Å². The van der Waals surface area contributed by atoms with Gasteiger partial charge in [0.15, 0.2) is 0 Å². The van der Waals surface area contributed by atoms with Crippen molar-refractivity contribution in [2.24, 2.45) is 0 Å². The second kappa shape index (κ2) is 9.57. The molecule has 2 unspecified atom stereocenters. The van der Waals surface area contributed by atoms with E-state index in [9.17, 15) is 26.7 Å². The molecule has 0 aromatic heterocycles. The van der Waals surface area contributed by atoms with Crippen LogP contribution in [0.1, 0.15) is 24.0 Å². The van der Waals surface area contributed by atoms with E-state index >= 15 is 0 Å². The Morgan fingerprint density at radius 1 is 0.812 bits per heavy atom. The van der Waals surface area contributed by atoms with Crippen molar-refractivity contribution >= 4 is 26.3 Å². The van der Waals surface area contributed by atoms with Crippen molar-refractivity contribution in [3.63, 3.8) is 0 Å². The van der Waals surface area contributed by atoms with Crippen LogP contribution in [0.4, 0.5) is 4.79 Å². The molecule has 1 fully saturated rings. The van der Waals surface area contributed by atoms with E-state index in [4.69, 9.17) is 8.37 Å². The van der Waals surface area contributed by atoms with Gasteiger partial charge in [0.25, 0.3) is 20.2 Å². The van der Waals surface area contributed by atoms with Gasteiger partial charge in [-0.05, 0) is 51.0 Å². The van der Waals surface area contributed by atoms with Crippen LogP contribution in [0.2, 0.25) is 0 Å². The van der Waals surface area contributed by atoms with E-state index in [-0.39, 0.29) is 23.0 Å². The number of likely N-dealkylation sites (tertiary alicyclic amines) is 1. The third kappa shape index (κ3) is 5.66. The minimum absolute atomic E-state index is 0.0213. The molecule has 2 aromatic rings.